The number of urea groups is 1. The molecule has 1 unspecified atom stereocenters. The van der Waals surface area contributed by atoms with Gasteiger partial charge in [-0.1, -0.05) is 12.1 Å². The van der Waals surface area contributed by atoms with Crippen LogP contribution in [0.1, 0.15) is 12.5 Å². The predicted octanol–water partition coefficient (Wildman–Crippen LogP) is 3.58. The van der Waals surface area contributed by atoms with Crippen molar-refractivity contribution in [2.24, 2.45) is 0 Å². The number of hydrogen-bond donors (Lipinski definition) is 3. The topological polar surface area (TPSA) is 61.4 Å². The number of carbonyl (C=O) groups is 1. The van der Waals surface area contributed by atoms with Crippen LogP contribution >= 0.6 is 11.8 Å². The van der Waals surface area contributed by atoms with Gasteiger partial charge in [-0.25, -0.2) is 9.18 Å². The van der Waals surface area contributed by atoms with Crippen molar-refractivity contribution in [2.45, 2.75) is 17.4 Å². The number of benzene rings is 2. The first-order chi connectivity index (χ1) is 10.9. The average Bonchev–Trinajstić information content (AvgIpc) is 2.54. The quantitative estimate of drug-likeness (QED) is 0.733. The molecule has 2 rings (SSSR count). The molecular weight excluding hydrogens is 315 g/mol. The van der Waals surface area contributed by atoms with Gasteiger partial charge in [0.1, 0.15) is 11.4 Å². The fraction of sp³-hybridized carbons (Fsp3) is 0.235. The third kappa shape index (κ3) is 4.97. The smallest absolute Gasteiger partial charge is 0.319 e. The van der Waals surface area contributed by atoms with Gasteiger partial charge >= 0.3 is 6.03 Å². The van der Waals surface area contributed by atoms with Crippen LogP contribution in [0, 0.1) is 5.82 Å². The van der Waals surface area contributed by atoms with E-state index in [1.165, 1.54) is 24.3 Å². The van der Waals surface area contributed by atoms with E-state index >= 15 is 0 Å². The molecule has 0 heterocycles. The Morgan fingerprint density at radius 2 is 1.78 bits per heavy atom. The van der Waals surface area contributed by atoms with E-state index in [9.17, 15) is 14.3 Å². The van der Waals surface area contributed by atoms with Crippen LogP contribution in [0.25, 0.3) is 0 Å². The molecule has 0 saturated carbocycles. The lowest BCUT2D eigenvalue weighted by molar-refractivity contribution is 0.0599. The number of amides is 2. The van der Waals surface area contributed by atoms with E-state index in [4.69, 9.17) is 0 Å². The van der Waals surface area contributed by atoms with E-state index in [1.54, 1.807) is 18.7 Å². The van der Waals surface area contributed by atoms with Crippen LogP contribution in [0.3, 0.4) is 0 Å². The molecule has 2 amide bonds. The minimum absolute atomic E-state index is 0.00730. The van der Waals surface area contributed by atoms with Gasteiger partial charge in [0.25, 0.3) is 0 Å². The second kappa shape index (κ2) is 7.48. The van der Waals surface area contributed by atoms with Gasteiger partial charge in [0.2, 0.25) is 0 Å². The Labute approximate surface area is 139 Å². The predicted molar refractivity (Wildman–Crippen MR) is 91.2 cm³/mol. The standard InChI is InChI=1S/C17H19FN2O2S/c1-17(22,12-3-5-13(18)6-4-12)11-19-16(21)20-14-7-9-15(23-2)10-8-14/h3-10,22H,11H2,1-2H3,(H2,19,20,21). The van der Waals surface area contributed by atoms with Crippen LogP contribution in [-0.2, 0) is 5.60 Å². The number of aliphatic hydroxyl groups is 1. The molecule has 0 fully saturated rings. The second-order valence-corrected chi connectivity index (χ2v) is 6.20. The SMILES string of the molecule is CSc1ccc(NC(=O)NCC(C)(O)c2ccc(F)cc2)cc1. The van der Waals surface area contributed by atoms with Crippen LogP contribution in [-0.4, -0.2) is 23.9 Å². The van der Waals surface area contributed by atoms with Gasteiger partial charge in [0.15, 0.2) is 0 Å². The van der Waals surface area contributed by atoms with Crippen molar-refractivity contribution >= 4 is 23.5 Å². The zero-order chi connectivity index (χ0) is 16.9. The van der Waals surface area contributed by atoms with Gasteiger partial charge in [0, 0.05) is 10.6 Å². The van der Waals surface area contributed by atoms with E-state index in [0.717, 1.165) is 4.90 Å². The third-order valence-electron chi connectivity index (χ3n) is 3.41. The van der Waals surface area contributed by atoms with Gasteiger partial charge in [0.05, 0.1) is 6.54 Å². The number of carbonyl (C=O) groups excluding carboxylic acids is 1. The molecule has 0 bridgehead atoms. The largest absolute Gasteiger partial charge is 0.384 e. The summed E-state index contributed by atoms with van der Waals surface area (Å²) >= 11 is 1.62. The maximum atomic E-state index is 12.9. The van der Waals surface area contributed by atoms with Crippen LogP contribution in [0.5, 0.6) is 0 Å². The summed E-state index contributed by atoms with van der Waals surface area (Å²) in [6.07, 6.45) is 1.98. The lowest BCUT2D eigenvalue weighted by Gasteiger charge is -2.24. The third-order valence-corrected chi connectivity index (χ3v) is 4.15. The minimum Gasteiger partial charge on any atom is -0.384 e. The van der Waals surface area contributed by atoms with E-state index < -0.39 is 11.6 Å². The molecule has 0 saturated heterocycles. The van der Waals surface area contributed by atoms with E-state index in [1.807, 2.05) is 30.5 Å². The van der Waals surface area contributed by atoms with Crippen molar-refractivity contribution in [3.63, 3.8) is 0 Å². The average molecular weight is 334 g/mol. The molecule has 2 aromatic carbocycles. The molecule has 2 aromatic rings. The highest BCUT2D eigenvalue weighted by Crippen LogP contribution is 2.20. The Balaban J connectivity index is 1.90. The van der Waals surface area contributed by atoms with Gasteiger partial charge in [-0.2, -0.15) is 0 Å². The first-order valence-electron chi connectivity index (χ1n) is 7.08. The molecule has 23 heavy (non-hydrogen) atoms. The van der Waals surface area contributed by atoms with Crippen molar-refractivity contribution in [2.75, 3.05) is 18.1 Å². The maximum absolute atomic E-state index is 12.9. The number of anilines is 1. The van der Waals surface area contributed by atoms with Crippen LogP contribution < -0.4 is 10.6 Å². The molecular formula is C17H19FN2O2S. The van der Waals surface area contributed by atoms with Gasteiger partial charge < -0.3 is 15.7 Å². The monoisotopic (exact) mass is 334 g/mol. The summed E-state index contributed by atoms with van der Waals surface area (Å²) in [5, 5.41) is 15.7. The Morgan fingerprint density at radius 1 is 1.17 bits per heavy atom. The molecule has 1 atom stereocenters. The highest BCUT2D eigenvalue weighted by atomic mass is 32.2. The van der Waals surface area contributed by atoms with Crippen molar-refractivity contribution in [3.05, 3.63) is 59.9 Å². The van der Waals surface area contributed by atoms with Gasteiger partial charge in [-0.05, 0) is 55.1 Å². The van der Waals surface area contributed by atoms with Gasteiger partial charge in [-0.15, -0.1) is 11.8 Å². The molecule has 0 aliphatic carbocycles. The number of nitrogens with one attached hydrogen (secondary N) is 2. The molecule has 4 nitrogen and oxygen atoms in total. The summed E-state index contributed by atoms with van der Waals surface area (Å²) < 4.78 is 12.9. The van der Waals surface area contributed by atoms with E-state index in [-0.39, 0.29) is 12.4 Å². The summed E-state index contributed by atoms with van der Waals surface area (Å²) in [7, 11) is 0. The molecule has 122 valence electrons. The number of hydrogen-bond acceptors (Lipinski definition) is 3. The lowest BCUT2D eigenvalue weighted by atomic mass is 9.96. The second-order valence-electron chi connectivity index (χ2n) is 5.32. The molecule has 0 aliphatic rings. The highest BCUT2D eigenvalue weighted by Gasteiger charge is 2.23. The first-order valence-corrected chi connectivity index (χ1v) is 8.30. The Morgan fingerprint density at radius 3 is 2.35 bits per heavy atom. The Hall–Kier alpha value is -2.05. The molecule has 0 aliphatic heterocycles. The van der Waals surface area contributed by atoms with Crippen LogP contribution in [0.15, 0.2) is 53.4 Å². The number of rotatable bonds is 5. The summed E-state index contributed by atoms with van der Waals surface area (Å²) in [6, 6.07) is 12.6. The van der Waals surface area contributed by atoms with Crippen LogP contribution in [0.2, 0.25) is 0 Å². The zero-order valence-electron chi connectivity index (χ0n) is 13.0. The normalized spacial score (nSPS) is 13.2. The Kier molecular flexibility index (Phi) is 5.63. The van der Waals surface area contributed by atoms with E-state index in [2.05, 4.69) is 10.6 Å². The maximum Gasteiger partial charge on any atom is 0.319 e. The number of halogens is 1. The van der Waals surface area contributed by atoms with Crippen molar-refractivity contribution in [3.8, 4) is 0 Å². The van der Waals surface area contributed by atoms with Crippen LogP contribution in [0.4, 0.5) is 14.9 Å². The summed E-state index contributed by atoms with van der Waals surface area (Å²) in [4.78, 5) is 13.0. The van der Waals surface area contributed by atoms with Crippen molar-refractivity contribution in [1.82, 2.24) is 5.32 Å². The Bertz CT molecular complexity index is 657. The fourth-order valence-corrected chi connectivity index (χ4v) is 2.42. The summed E-state index contributed by atoms with van der Waals surface area (Å²) in [6.45, 7) is 1.57. The van der Waals surface area contributed by atoms with Crippen molar-refractivity contribution in [1.29, 1.82) is 0 Å². The zero-order valence-corrected chi connectivity index (χ0v) is 13.8. The minimum atomic E-state index is -1.28. The molecule has 0 aromatic heterocycles. The van der Waals surface area contributed by atoms with Crippen molar-refractivity contribution < 1.29 is 14.3 Å². The van der Waals surface area contributed by atoms with Gasteiger partial charge in [-0.3, -0.25) is 0 Å². The first kappa shape index (κ1) is 17.3. The molecule has 0 radical (unpaired) electrons. The summed E-state index contributed by atoms with van der Waals surface area (Å²) in [5.41, 5.74) is -0.0847. The summed E-state index contributed by atoms with van der Waals surface area (Å²) in [5.74, 6) is -0.371. The molecule has 3 N–H and O–H groups in total. The molecule has 0 spiro atoms. The highest BCUT2D eigenvalue weighted by molar-refractivity contribution is 7.98. The van der Waals surface area contributed by atoms with E-state index in [0.29, 0.717) is 11.3 Å². The fourth-order valence-electron chi connectivity index (χ4n) is 2.01. The lowest BCUT2D eigenvalue weighted by Crippen LogP contribution is -2.40. The number of thioether (sulfide) groups is 1. The molecule has 6 heteroatoms.